The third-order valence-corrected chi connectivity index (χ3v) is 5.90. The first-order valence-electron chi connectivity index (χ1n) is 8.42. The molecule has 0 bridgehead atoms. The number of hydrogen-bond acceptors (Lipinski definition) is 5. The van der Waals surface area contributed by atoms with E-state index in [-0.39, 0.29) is 17.3 Å². The van der Waals surface area contributed by atoms with Crippen molar-refractivity contribution < 1.29 is 22.3 Å². The second kappa shape index (κ2) is 8.47. The van der Waals surface area contributed by atoms with E-state index in [1.807, 2.05) is 0 Å². The van der Waals surface area contributed by atoms with Crippen molar-refractivity contribution in [3.05, 3.63) is 54.3 Å². The van der Waals surface area contributed by atoms with Crippen LogP contribution in [0.5, 0.6) is 0 Å². The first kappa shape index (κ1) is 19.3. The minimum absolute atomic E-state index is 0.0795. The Bertz CT molecular complexity index is 914. The summed E-state index contributed by atoms with van der Waals surface area (Å²) in [4.78, 5) is 12.2. The highest BCUT2D eigenvalue weighted by Gasteiger charge is 2.26. The number of ether oxygens (including phenoxy) is 1. The van der Waals surface area contributed by atoms with Gasteiger partial charge in [-0.15, -0.1) is 0 Å². The predicted molar refractivity (Wildman–Crippen MR) is 99.5 cm³/mol. The van der Waals surface area contributed by atoms with Gasteiger partial charge in [0, 0.05) is 24.5 Å². The molecule has 0 aliphatic carbocycles. The number of rotatable bonds is 6. The molecule has 1 aliphatic rings. The summed E-state index contributed by atoms with van der Waals surface area (Å²) in [5.41, 5.74) is 0.851. The molecule has 1 heterocycles. The fourth-order valence-corrected chi connectivity index (χ4v) is 4.11. The molecule has 27 heavy (non-hydrogen) atoms. The van der Waals surface area contributed by atoms with E-state index in [0.717, 1.165) is 0 Å². The van der Waals surface area contributed by atoms with Crippen molar-refractivity contribution in [2.75, 3.05) is 43.5 Å². The summed E-state index contributed by atoms with van der Waals surface area (Å²) >= 11 is 0. The quantitative estimate of drug-likeness (QED) is 0.783. The molecule has 0 unspecified atom stereocenters. The zero-order valence-electron chi connectivity index (χ0n) is 14.5. The van der Waals surface area contributed by atoms with Crippen molar-refractivity contribution in [1.29, 1.82) is 0 Å². The third kappa shape index (κ3) is 5.03. The molecule has 0 spiro atoms. The molecule has 3 rings (SSSR count). The van der Waals surface area contributed by atoms with Crippen LogP contribution >= 0.6 is 0 Å². The average molecular weight is 393 g/mol. The number of halogens is 1. The van der Waals surface area contributed by atoms with Gasteiger partial charge in [-0.05, 0) is 36.4 Å². The van der Waals surface area contributed by atoms with Crippen molar-refractivity contribution in [3.63, 3.8) is 0 Å². The molecule has 1 saturated heterocycles. The van der Waals surface area contributed by atoms with Crippen LogP contribution in [0.25, 0.3) is 0 Å². The Morgan fingerprint density at radius 3 is 2.52 bits per heavy atom. The first-order valence-corrected chi connectivity index (χ1v) is 9.86. The number of benzene rings is 2. The molecule has 0 saturated carbocycles. The van der Waals surface area contributed by atoms with Gasteiger partial charge in [-0.3, -0.25) is 4.79 Å². The number of carbonyl (C=O) groups is 1. The monoisotopic (exact) mass is 393 g/mol. The molecular formula is C18H20FN3O4S. The Kier molecular flexibility index (Phi) is 6.04. The number of amides is 1. The van der Waals surface area contributed by atoms with Crippen molar-refractivity contribution in [1.82, 2.24) is 4.31 Å². The van der Waals surface area contributed by atoms with E-state index in [0.29, 0.717) is 37.7 Å². The maximum absolute atomic E-state index is 13.1. The van der Waals surface area contributed by atoms with E-state index < -0.39 is 15.8 Å². The van der Waals surface area contributed by atoms with Crippen molar-refractivity contribution in [2.45, 2.75) is 4.90 Å². The van der Waals surface area contributed by atoms with E-state index in [4.69, 9.17) is 4.74 Å². The largest absolute Gasteiger partial charge is 0.379 e. The number of sulfonamides is 1. The van der Waals surface area contributed by atoms with Crippen LogP contribution in [-0.2, 0) is 19.6 Å². The molecule has 9 heteroatoms. The van der Waals surface area contributed by atoms with E-state index in [2.05, 4.69) is 10.6 Å². The summed E-state index contributed by atoms with van der Waals surface area (Å²) in [5, 5.41) is 5.45. The van der Waals surface area contributed by atoms with E-state index in [9.17, 15) is 17.6 Å². The first-order chi connectivity index (χ1) is 12.9. The summed E-state index contributed by atoms with van der Waals surface area (Å²) in [6.45, 7) is 1.25. The summed E-state index contributed by atoms with van der Waals surface area (Å²) in [6.07, 6.45) is 0. The fourth-order valence-electron chi connectivity index (χ4n) is 2.66. The minimum atomic E-state index is -3.64. The zero-order valence-corrected chi connectivity index (χ0v) is 15.3. The molecule has 7 nitrogen and oxygen atoms in total. The summed E-state index contributed by atoms with van der Waals surface area (Å²) < 4.78 is 45.0. The smallest absolute Gasteiger partial charge is 0.243 e. The van der Waals surface area contributed by atoms with Crippen molar-refractivity contribution in [2.24, 2.45) is 0 Å². The van der Waals surface area contributed by atoms with E-state index >= 15 is 0 Å². The van der Waals surface area contributed by atoms with Crippen LogP contribution in [0.3, 0.4) is 0 Å². The van der Waals surface area contributed by atoms with Gasteiger partial charge in [-0.2, -0.15) is 4.31 Å². The molecule has 144 valence electrons. The zero-order chi connectivity index (χ0) is 19.3. The maximum Gasteiger partial charge on any atom is 0.243 e. The SMILES string of the molecule is O=C(CNc1cccc(F)c1)Nc1cccc(S(=O)(=O)N2CCOCC2)c1. The van der Waals surface area contributed by atoms with Crippen LogP contribution < -0.4 is 10.6 Å². The highest BCUT2D eigenvalue weighted by Crippen LogP contribution is 2.20. The lowest BCUT2D eigenvalue weighted by atomic mass is 10.3. The Morgan fingerprint density at radius 1 is 1.07 bits per heavy atom. The van der Waals surface area contributed by atoms with Gasteiger partial charge in [0.1, 0.15) is 5.82 Å². The van der Waals surface area contributed by atoms with Crippen LogP contribution in [0.1, 0.15) is 0 Å². The topological polar surface area (TPSA) is 87.7 Å². The van der Waals surface area contributed by atoms with E-state index in [1.54, 1.807) is 18.2 Å². The average Bonchev–Trinajstić information content (AvgIpc) is 2.67. The number of carbonyl (C=O) groups excluding carboxylic acids is 1. The van der Waals surface area contributed by atoms with Crippen LogP contribution in [0, 0.1) is 5.82 Å². The van der Waals surface area contributed by atoms with Crippen molar-refractivity contribution in [3.8, 4) is 0 Å². The molecule has 0 radical (unpaired) electrons. The standard InChI is InChI=1S/C18H20FN3O4S/c19-14-3-1-4-15(11-14)20-13-18(23)21-16-5-2-6-17(12-16)27(24,25)22-7-9-26-10-8-22/h1-6,11-12,20H,7-10,13H2,(H,21,23). The summed E-state index contributed by atoms with van der Waals surface area (Å²) in [7, 11) is -3.64. The van der Waals surface area contributed by atoms with Crippen LogP contribution in [0.15, 0.2) is 53.4 Å². The number of nitrogens with one attached hydrogen (secondary N) is 2. The number of nitrogens with zero attached hydrogens (tertiary/aromatic N) is 1. The summed E-state index contributed by atoms with van der Waals surface area (Å²) in [6, 6.07) is 11.9. The predicted octanol–water partition coefficient (Wildman–Crippen LogP) is 1.90. The van der Waals surface area contributed by atoms with Crippen LogP contribution in [-0.4, -0.2) is 51.5 Å². The highest BCUT2D eigenvalue weighted by molar-refractivity contribution is 7.89. The van der Waals surface area contributed by atoms with E-state index in [1.165, 1.54) is 34.6 Å². The number of morpholine rings is 1. The van der Waals surface area contributed by atoms with Gasteiger partial charge in [0.25, 0.3) is 0 Å². The van der Waals surface area contributed by atoms with Gasteiger partial charge in [0.2, 0.25) is 15.9 Å². The Hall–Kier alpha value is -2.49. The van der Waals surface area contributed by atoms with Gasteiger partial charge in [0.15, 0.2) is 0 Å². The minimum Gasteiger partial charge on any atom is -0.379 e. The van der Waals surface area contributed by atoms with Gasteiger partial charge in [0.05, 0.1) is 24.7 Å². The number of hydrogen-bond donors (Lipinski definition) is 2. The molecule has 1 amide bonds. The Balaban J connectivity index is 1.64. The molecule has 2 aromatic rings. The maximum atomic E-state index is 13.1. The lowest BCUT2D eigenvalue weighted by molar-refractivity contribution is -0.114. The molecule has 2 N–H and O–H groups in total. The van der Waals surface area contributed by atoms with Crippen LogP contribution in [0.4, 0.5) is 15.8 Å². The molecule has 2 aromatic carbocycles. The molecule has 1 aliphatic heterocycles. The second-order valence-electron chi connectivity index (χ2n) is 5.96. The molecular weight excluding hydrogens is 373 g/mol. The highest BCUT2D eigenvalue weighted by atomic mass is 32.2. The van der Waals surface area contributed by atoms with Gasteiger partial charge < -0.3 is 15.4 Å². The number of anilines is 2. The normalized spacial score (nSPS) is 15.3. The Morgan fingerprint density at radius 2 is 1.78 bits per heavy atom. The molecule has 0 aromatic heterocycles. The fraction of sp³-hybridized carbons (Fsp3) is 0.278. The second-order valence-corrected chi connectivity index (χ2v) is 7.89. The summed E-state index contributed by atoms with van der Waals surface area (Å²) in [5.74, 6) is -0.776. The lowest BCUT2D eigenvalue weighted by Gasteiger charge is -2.26. The molecule has 1 fully saturated rings. The van der Waals surface area contributed by atoms with Crippen LogP contribution in [0.2, 0.25) is 0 Å². The Labute approximate surface area is 157 Å². The third-order valence-electron chi connectivity index (χ3n) is 4.00. The van der Waals surface area contributed by atoms with Crippen molar-refractivity contribution >= 4 is 27.3 Å². The molecule has 0 atom stereocenters. The van der Waals surface area contributed by atoms with Gasteiger partial charge in [-0.1, -0.05) is 12.1 Å². The van der Waals surface area contributed by atoms with Gasteiger partial charge >= 0.3 is 0 Å². The van der Waals surface area contributed by atoms with Gasteiger partial charge in [-0.25, -0.2) is 12.8 Å². The lowest BCUT2D eigenvalue weighted by Crippen LogP contribution is -2.40.